The van der Waals surface area contributed by atoms with Gasteiger partial charge in [0.1, 0.15) is 5.75 Å². The lowest BCUT2D eigenvalue weighted by molar-refractivity contribution is -0.385. The quantitative estimate of drug-likeness (QED) is 0.499. The van der Waals surface area contributed by atoms with Gasteiger partial charge in [0, 0.05) is 29.8 Å². The minimum Gasteiger partial charge on any atom is -0.467 e. The van der Waals surface area contributed by atoms with Crippen LogP contribution in [-0.2, 0) is 6.42 Å². The predicted molar refractivity (Wildman–Crippen MR) is 104 cm³/mol. The van der Waals surface area contributed by atoms with Crippen LogP contribution in [0.1, 0.15) is 37.4 Å². The first-order valence-corrected chi connectivity index (χ1v) is 8.99. The van der Waals surface area contributed by atoms with Crippen LogP contribution < -0.4 is 15.0 Å². The van der Waals surface area contributed by atoms with Crippen molar-refractivity contribution in [2.24, 2.45) is 0 Å². The molecular formula is C19H19N3O3S. The molecule has 0 radical (unpaired) electrons. The van der Waals surface area contributed by atoms with E-state index in [9.17, 15) is 10.1 Å². The number of nitro benzene ring substituents is 1. The Bertz CT molecular complexity index is 899. The van der Waals surface area contributed by atoms with Gasteiger partial charge >= 0.3 is 0 Å². The van der Waals surface area contributed by atoms with Gasteiger partial charge in [0.15, 0.2) is 10.8 Å². The van der Waals surface area contributed by atoms with Gasteiger partial charge in [0.05, 0.1) is 11.0 Å². The molecule has 2 aromatic rings. The summed E-state index contributed by atoms with van der Waals surface area (Å²) >= 11 is 5.61. The monoisotopic (exact) mass is 369 g/mol. The predicted octanol–water partition coefficient (Wildman–Crippen LogP) is 4.09. The summed E-state index contributed by atoms with van der Waals surface area (Å²) in [5.74, 6) is 0.652. The Kier molecular flexibility index (Phi) is 3.84. The fourth-order valence-electron chi connectivity index (χ4n) is 3.75. The van der Waals surface area contributed by atoms with Gasteiger partial charge in [-0.05, 0) is 49.3 Å². The zero-order chi connectivity index (χ0) is 18.5. The van der Waals surface area contributed by atoms with E-state index in [1.54, 1.807) is 12.1 Å². The molecule has 0 saturated carbocycles. The van der Waals surface area contributed by atoms with Gasteiger partial charge in [0.25, 0.3) is 5.69 Å². The number of nitrogens with zero attached hydrogens (tertiary/aromatic N) is 2. The molecule has 7 heteroatoms. The van der Waals surface area contributed by atoms with Crippen LogP contribution in [0.25, 0.3) is 0 Å². The molecule has 1 N–H and O–H groups in total. The molecule has 2 aromatic carbocycles. The molecule has 0 aromatic heterocycles. The number of rotatable bonds is 3. The highest BCUT2D eigenvalue weighted by Gasteiger charge is 2.48. The smallest absolute Gasteiger partial charge is 0.270 e. The molecule has 2 bridgehead atoms. The lowest BCUT2D eigenvalue weighted by Gasteiger charge is -2.52. The third kappa shape index (κ3) is 2.59. The average Bonchev–Trinajstić information content (AvgIpc) is 2.61. The van der Waals surface area contributed by atoms with Crippen LogP contribution in [0.5, 0.6) is 5.75 Å². The number of ether oxygens (including phenoxy) is 1. The van der Waals surface area contributed by atoms with Crippen molar-refractivity contribution in [3.8, 4) is 5.75 Å². The maximum absolute atomic E-state index is 11.1. The number of fused-ring (bicyclic) bond motifs is 4. The van der Waals surface area contributed by atoms with Crippen LogP contribution >= 0.6 is 12.2 Å². The second kappa shape index (κ2) is 5.95. The standard InChI is InChI=1S/C19H19N3O3S/c1-3-12-4-6-13(7-5-12)21-18(26)20-16-11-19(21,2)25-17-9-8-14(22(23)24)10-15(16)17/h4-10,16H,3,11H2,1-2H3,(H,20,26)/t16-,19-/m1/s1. The van der Waals surface area contributed by atoms with E-state index in [2.05, 4.69) is 24.4 Å². The molecule has 2 aliphatic heterocycles. The number of non-ortho nitro benzene ring substituents is 1. The van der Waals surface area contributed by atoms with Crippen LogP contribution in [0, 0.1) is 10.1 Å². The molecule has 6 nitrogen and oxygen atoms in total. The fraction of sp³-hybridized carbons (Fsp3) is 0.316. The Morgan fingerprint density at radius 1 is 1.35 bits per heavy atom. The second-order valence-corrected chi connectivity index (χ2v) is 7.20. The molecule has 134 valence electrons. The minimum absolute atomic E-state index is 0.0567. The number of aryl methyl sites for hydroxylation is 1. The molecule has 2 heterocycles. The largest absolute Gasteiger partial charge is 0.467 e. The summed E-state index contributed by atoms with van der Waals surface area (Å²) in [6, 6.07) is 12.9. The van der Waals surface area contributed by atoms with Crippen molar-refractivity contribution in [2.75, 3.05) is 4.90 Å². The fourth-order valence-corrected chi connectivity index (χ4v) is 4.19. The van der Waals surface area contributed by atoms with Crippen molar-refractivity contribution >= 4 is 28.7 Å². The number of nitro groups is 1. The zero-order valence-electron chi connectivity index (χ0n) is 14.6. The average molecular weight is 369 g/mol. The topological polar surface area (TPSA) is 67.6 Å². The van der Waals surface area contributed by atoms with Gasteiger partial charge in [0.2, 0.25) is 0 Å². The van der Waals surface area contributed by atoms with Gasteiger partial charge in [-0.25, -0.2) is 0 Å². The molecule has 1 saturated heterocycles. The highest BCUT2D eigenvalue weighted by atomic mass is 32.1. The van der Waals surface area contributed by atoms with Crippen LogP contribution in [0.2, 0.25) is 0 Å². The van der Waals surface area contributed by atoms with Crippen LogP contribution in [0.15, 0.2) is 42.5 Å². The lowest BCUT2D eigenvalue weighted by Crippen LogP contribution is -2.65. The maximum atomic E-state index is 11.1. The van der Waals surface area contributed by atoms with Gasteiger partial charge in [-0.2, -0.15) is 0 Å². The summed E-state index contributed by atoms with van der Waals surface area (Å²) in [6.07, 6.45) is 1.61. The van der Waals surface area contributed by atoms with Crippen molar-refractivity contribution in [3.05, 3.63) is 63.7 Å². The summed E-state index contributed by atoms with van der Waals surface area (Å²) in [4.78, 5) is 12.7. The first kappa shape index (κ1) is 16.8. The van der Waals surface area contributed by atoms with E-state index < -0.39 is 10.6 Å². The number of benzene rings is 2. The lowest BCUT2D eigenvalue weighted by atomic mass is 9.90. The van der Waals surface area contributed by atoms with Gasteiger partial charge in [-0.3, -0.25) is 15.0 Å². The van der Waals surface area contributed by atoms with Crippen molar-refractivity contribution in [2.45, 2.75) is 38.5 Å². The molecule has 0 unspecified atom stereocenters. The van der Waals surface area contributed by atoms with Crippen molar-refractivity contribution < 1.29 is 9.66 Å². The Labute approximate surface area is 156 Å². The molecule has 0 spiro atoms. The third-order valence-corrected chi connectivity index (χ3v) is 5.37. The van der Waals surface area contributed by atoms with E-state index >= 15 is 0 Å². The molecule has 26 heavy (non-hydrogen) atoms. The number of nitrogens with one attached hydrogen (secondary N) is 1. The van der Waals surface area contributed by atoms with Gasteiger partial charge in [-0.1, -0.05) is 19.1 Å². The molecular weight excluding hydrogens is 350 g/mol. The van der Waals surface area contributed by atoms with E-state index in [0.29, 0.717) is 17.3 Å². The molecule has 0 aliphatic carbocycles. The first-order valence-electron chi connectivity index (χ1n) is 8.58. The first-order chi connectivity index (χ1) is 12.4. The summed E-state index contributed by atoms with van der Waals surface area (Å²) in [6.45, 7) is 4.12. The van der Waals surface area contributed by atoms with E-state index in [0.717, 1.165) is 17.7 Å². The number of anilines is 1. The summed E-state index contributed by atoms with van der Waals surface area (Å²) in [5.41, 5.74) is 2.41. The number of thiocarbonyl (C=S) groups is 1. The number of hydrogen-bond donors (Lipinski definition) is 1. The van der Waals surface area contributed by atoms with Crippen LogP contribution in [-0.4, -0.2) is 15.8 Å². The highest BCUT2D eigenvalue weighted by molar-refractivity contribution is 7.80. The van der Waals surface area contributed by atoms with Crippen molar-refractivity contribution in [3.63, 3.8) is 0 Å². The zero-order valence-corrected chi connectivity index (χ0v) is 15.4. The highest BCUT2D eigenvalue weighted by Crippen LogP contribution is 2.46. The van der Waals surface area contributed by atoms with Gasteiger partial charge < -0.3 is 10.1 Å². The van der Waals surface area contributed by atoms with Crippen LogP contribution in [0.4, 0.5) is 11.4 Å². The Balaban J connectivity index is 1.74. The van der Waals surface area contributed by atoms with Gasteiger partial charge in [-0.15, -0.1) is 0 Å². The molecule has 0 amide bonds. The Morgan fingerprint density at radius 2 is 2.08 bits per heavy atom. The van der Waals surface area contributed by atoms with Crippen LogP contribution in [0.3, 0.4) is 0 Å². The van der Waals surface area contributed by atoms with E-state index in [1.165, 1.54) is 11.6 Å². The SMILES string of the molecule is CCc1ccc(N2C(=S)N[C@@H]3C[C@@]2(C)Oc2ccc([N+](=O)[O-])cc23)cc1. The van der Waals surface area contributed by atoms with E-state index in [1.807, 2.05) is 24.0 Å². The molecule has 1 fully saturated rings. The Morgan fingerprint density at radius 3 is 2.73 bits per heavy atom. The van der Waals surface area contributed by atoms with E-state index in [4.69, 9.17) is 17.0 Å². The summed E-state index contributed by atoms with van der Waals surface area (Å²) < 4.78 is 6.29. The second-order valence-electron chi connectivity index (χ2n) is 6.82. The molecule has 4 rings (SSSR count). The Hall–Kier alpha value is -2.67. The molecule has 2 aliphatic rings. The summed E-state index contributed by atoms with van der Waals surface area (Å²) in [7, 11) is 0. The normalized spacial score (nSPS) is 23.7. The summed E-state index contributed by atoms with van der Waals surface area (Å²) in [5, 5.41) is 15.0. The third-order valence-electron chi connectivity index (χ3n) is 5.07. The maximum Gasteiger partial charge on any atom is 0.270 e. The minimum atomic E-state index is -0.649. The van der Waals surface area contributed by atoms with Crippen molar-refractivity contribution in [1.29, 1.82) is 0 Å². The van der Waals surface area contributed by atoms with Crippen molar-refractivity contribution in [1.82, 2.24) is 5.32 Å². The molecule has 2 atom stereocenters. The number of hydrogen-bond acceptors (Lipinski definition) is 4. The van der Waals surface area contributed by atoms with E-state index in [-0.39, 0.29) is 11.7 Å².